The normalized spacial score (nSPS) is 19.1. The van der Waals surface area contributed by atoms with Gasteiger partial charge in [-0.15, -0.1) is 0 Å². The van der Waals surface area contributed by atoms with Gasteiger partial charge in [0.25, 0.3) is 5.91 Å². The summed E-state index contributed by atoms with van der Waals surface area (Å²) < 4.78 is 20.4. The molecule has 0 spiro atoms. The minimum atomic E-state index is -0.554. The number of hydrogen-bond acceptors (Lipinski definition) is 4. The number of nitrogens with zero attached hydrogens (tertiary/aromatic N) is 2. The number of benzene rings is 1. The molecule has 1 N–H and O–H groups in total. The first-order valence-corrected chi connectivity index (χ1v) is 10.4. The molecule has 1 aromatic heterocycles. The first-order valence-electron chi connectivity index (χ1n) is 10.0. The van der Waals surface area contributed by atoms with Gasteiger partial charge in [-0.25, -0.2) is 4.39 Å². The fourth-order valence-electron chi connectivity index (χ4n) is 3.45. The summed E-state index contributed by atoms with van der Waals surface area (Å²) in [5.41, 5.74) is 0.700. The van der Waals surface area contributed by atoms with Crippen molar-refractivity contribution in [2.24, 2.45) is 0 Å². The number of carbonyl (C=O) groups is 1. The molecule has 0 radical (unpaired) electrons. The lowest BCUT2D eigenvalue weighted by Crippen LogP contribution is -2.40. The number of halogens is 2. The van der Waals surface area contributed by atoms with Crippen molar-refractivity contribution in [1.82, 2.24) is 10.3 Å². The van der Waals surface area contributed by atoms with Crippen LogP contribution in [0.15, 0.2) is 30.5 Å². The maximum Gasteiger partial charge on any atom is 0.256 e. The molecular weight excluding hydrogens is 405 g/mol. The molecule has 2 aromatic rings. The van der Waals surface area contributed by atoms with Gasteiger partial charge in [0.1, 0.15) is 17.6 Å². The zero-order valence-corrected chi connectivity index (χ0v) is 18.1. The quantitative estimate of drug-likeness (QED) is 0.728. The Morgan fingerprint density at radius 1 is 1.27 bits per heavy atom. The lowest BCUT2D eigenvalue weighted by Gasteiger charge is -2.29. The zero-order valence-electron chi connectivity index (χ0n) is 17.3. The Morgan fingerprint density at radius 3 is 2.53 bits per heavy atom. The second kappa shape index (κ2) is 9.01. The van der Waals surface area contributed by atoms with Crippen LogP contribution in [0.25, 0.3) is 0 Å². The van der Waals surface area contributed by atoms with E-state index in [0.717, 1.165) is 25.7 Å². The van der Waals surface area contributed by atoms with E-state index in [1.807, 2.05) is 26.8 Å². The Kier molecular flexibility index (Phi) is 6.62. The number of hydrogen-bond donors (Lipinski definition) is 1. The Morgan fingerprint density at radius 2 is 1.97 bits per heavy atom. The van der Waals surface area contributed by atoms with E-state index in [0.29, 0.717) is 22.0 Å². The smallest absolute Gasteiger partial charge is 0.256 e. The Hall–Kier alpha value is -2.65. The van der Waals surface area contributed by atoms with Gasteiger partial charge in [0.05, 0.1) is 22.3 Å². The van der Waals surface area contributed by atoms with Gasteiger partial charge in [0, 0.05) is 29.4 Å². The topological polar surface area (TPSA) is 75.0 Å². The number of rotatable bonds is 4. The number of carbonyl (C=O) groups excluding carboxylic acids is 1. The standard InChI is InChI=1S/C23H25ClFN3O2/c1-23(2,3)21-11-20(25)18(13-27-21)22(29)28-15-5-8-16(9-6-15)30-17-7-4-14(12-26)19(24)10-17/h4,7,10-11,13,15-16H,5-6,8-9H2,1-3H3,(H,28,29). The number of amides is 1. The van der Waals surface area contributed by atoms with Gasteiger partial charge < -0.3 is 10.1 Å². The van der Waals surface area contributed by atoms with Gasteiger partial charge in [-0.05, 0) is 43.9 Å². The Bertz CT molecular complexity index is 973. The Balaban J connectivity index is 1.54. The van der Waals surface area contributed by atoms with Crippen LogP contribution < -0.4 is 10.1 Å². The minimum absolute atomic E-state index is 0.00614. The van der Waals surface area contributed by atoms with Crippen molar-refractivity contribution >= 4 is 17.5 Å². The molecule has 1 fully saturated rings. The second-order valence-electron chi connectivity index (χ2n) is 8.62. The fraction of sp³-hybridized carbons (Fsp3) is 0.435. The number of aromatic nitrogens is 1. The van der Waals surface area contributed by atoms with Crippen LogP contribution in [0.2, 0.25) is 5.02 Å². The third kappa shape index (κ3) is 5.28. The maximum absolute atomic E-state index is 14.4. The average Bonchev–Trinajstić information content (AvgIpc) is 2.69. The maximum atomic E-state index is 14.4. The van der Waals surface area contributed by atoms with E-state index in [-0.39, 0.29) is 23.1 Å². The molecule has 7 heteroatoms. The number of nitriles is 1. The molecule has 1 aliphatic rings. The van der Waals surface area contributed by atoms with Crippen molar-refractivity contribution < 1.29 is 13.9 Å². The zero-order chi connectivity index (χ0) is 21.9. The van der Waals surface area contributed by atoms with Crippen molar-refractivity contribution in [2.45, 2.75) is 64.0 Å². The van der Waals surface area contributed by atoms with E-state index in [9.17, 15) is 9.18 Å². The second-order valence-corrected chi connectivity index (χ2v) is 9.02. The molecule has 0 aliphatic heterocycles. The first-order chi connectivity index (χ1) is 14.2. The van der Waals surface area contributed by atoms with Gasteiger partial charge in [-0.3, -0.25) is 9.78 Å². The molecule has 1 saturated carbocycles. The van der Waals surface area contributed by atoms with Crippen LogP contribution in [0, 0.1) is 17.1 Å². The van der Waals surface area contributed by atoms with Gasteiger partial charge in [0.15, 0.2) is 0 Å². The summed E-state index contributed by atoms with van der Waals surface area (Å²) in [4.78, 5) is 16.8. The lowest BCUT2D eigenvalue weighted by molar-refractivity contribution is 0.0889. The molecule has 0 unspecified atom stereocenters. The highest BCUT2D eigenvalue weighted by molar-refractivity contribution is 6.31. The summed E-state index contributed by atoms with van der Waals surface area (Å²) in [5, 5.41) is 12.2. The summed E-state index contributed by atoms with van der Waals surface area (Å²) in [5.74, 6) is -0.371. The SMILES string of the molecule is CC(C)(C)c1cc(F)c(C(=O)NC2CCC(Oc3ccc(C#N)c(Cl)c3)CC2)cn1. The van der Waals surface area contributed by atoms with Crippen molar-refractivity contribution in [1.29, 1.82) is 5.26 Å². The van der Waals surface area contributed by atoms with Crippen molar-refractivity contribution in [3.8, 4) is 11.8 Å². The Labute approximate surface area is 181 Å². The van der Waals surface area contributed by atoms with E-state index >= 15 is 0 Å². The van der Waals surface area contributed by atoms with Crippen molar-refractivity contribution in [2.75, 3.05) is 0 Å². The molecule has 3 rings (SSSR count). The van der Waals surface area contributed by atoms with Gasteiger partial charge in [0.2, 0.25) is 0 Å². The molecule has 5 nitrogen and oxygen atoms in total. The fourth-order valence-corrected chi connectivity index (χ4v) is 3.66. The monoisotopic (exact) mass is 429 g/mol. The summed E-state index contributed by atoms with van der Waals surface area (Å²) in [6.07, 6.45) is 4.30. The highest BCUT2D eigenvalue weighted by Gasteiger charge is 2.26. The largest absolute Gasteiger partial charge is 0.490 e. The minimum Gasteiger partial charge on any atom is -0.490 e. The highest BCUT2D eigenvalue weighted by atomic mass is 35.5. The average molecular weight is 430 g/mol. The number of nitrogens with one attached hydrogen (secondary N) is 1. The van der Waals surface area contributed by atoms with Crippen molar-refractivity contribution in [3.05, 3.63) is 58.1 Å². The van der Waals surface area contributed by atoms with E-state index in [2.05, 4.69) is 10.3 Å². The van der Waals surface area contributed by atoms with Gasteiger partial charge in [-0.1, -0.05) is 32.4 Å². The molecule has 1 amide bonds. The van der Waals surface area contributed by atoms with E-state index in [1.54, 1.807) is 18.2 Å². The molecular formula is C23H25ClFN3O2. The van der Waals surface area contributed by atoms with Crippen LogP contribution in [0.4, 0.5) is 4.39 Å². The van der Waals surface area contributed by atoms with Crippen LogP contribution in [-0.4, -0.2) is 23.0 Å². The molecule has 1 aliphatic carbocycles. The first kappa shape index (κ1) is 22.0. The van der Waals surface area contributed by atoms with Crippen molar-refractivity contribution in [3.63, 3.8) is 0 Å². The summed E-state index contributed by atoms with van der Waals surface area (Å²) in [6.45, 7) is 5.84. The number of ether oxygens (including phenoxy) is 1. The summed E-state index contributed by atoms with van der Waals surface area (Å²) in [6, 6.07) is 8.33. The third-order valence-electron chi connectivity index (χ3n) is 5.24. The van der Waals surface area contributed by atoms with Gasteiger partial charge in [-0.2, -0.15) is 5.26 Å². The van der Waals surface area contributed by atoms with E-state index in [4.69, 9.17) is 21.6 Å². The third-order valence-corrected chi connectivity index (χ3v) is 5.55. The van der Waals surface area contributed by atoms with E-state index in [1.165, 1.54) is 12.3 Å². The summed E-state index contributed by atoms with van der Waals surface area (Å²) in [7, 11) is 0. The van der Waals surface area contributed by atoms with E-state index < -0.39 is 11.7 Å². The van der Waals surface area contributed by atoms with Crippen LogP contribution in [0.3, 0.4) is 0 Å². The molecule has 1 heterocycles. The molecule has 1 aromatic carbocycles. The number of pyridine rings is 1. The predicted molar refractivity (Wildman–Crippen MR) is 113 cm³/mol. The molecule has 0 atom stereocenters. The molecule has 158 valence electrons. The van der Waals surface area contributed by atoms with Crippen LogP contribution in [0.1, 0.15) is 68.1 Å². The highest BCUT2D eigenvalue weighted by Crippen LogP contribution is 2.27. The van der Waals surface area contributed by atoms with Crippen LogP contribution in [0.5, 0.6) is 5.75 Å². The lowest BCUT2D eigenvalue weighted by atomic mass is 9.91. The molecule has 0 saturated heterocycles. The van der Waals surface area contributed by atoms with Crippen LogP contribution >= 0.6 is 11.6 Å². The van der Waals surface area contributed by atoms with Crippen LogP contribution in [-0.2, 0) is 5.41 Å². The predicted octanol–water partition coefficient (Wildman–Crippen LogP) is 5.16. The molecule has 30 heavy (non-hydrogen) atoms. The van der Waals surface area contributed by atoms with Gasteiger partial charge >= 0.3 is 0 Å². The molecule has 0 bridgehead atoms. The summed E-state index contributed by atoms with van der Waals surface area (Å²) >= 11 is 6.05.